The van der Waals surface area contributed by atoms with Crippen molar-refractivity contribution < 1.29 is 0 Å². The van der Waals surface area contributed by atoms with E-state index in [1.165, 1.54) is 5.57 Å². The lowest BCUT2D eigenvalue weighted by atomic mass is 10.3. The Hall–Kier alpha value is 0.180. The van der Waals surface area contributed by atoms with E-state index in [0.29, 0.717) is 6.04 Å². The van der Waals surface area contributed by atoms with Gasteiger partial charge in [0.05, 0.1) is 0 Å². The number of hydrogen-bond donors (Lipinski definition) is 0. The average Bonchev–Trinajstić information content (AvgIpc) is 2.34. The largest absolute Gasteiger partial charge is 0.293 e. The van der Waals surface area contributed by atoms with Crippen LogP contribution in [0.4, 0.5) is 0 Å². The van der Waals surface area contributed by atoms with E-state index >= 15 is 0 Å². The number of alkyl halides is 1. The van der Waals surface area contributed by atoms with Crippen molar-refractivity contribution in [1.29, 1.82) is 0 Å². The molecule has 0 unspecified atom stereocenters. The number of halogens is 1. The molecule has 0 saturated heterocycles. The van der Waals surface area contributed by atoms with Crippen LogP contribution in [0.5, 0.6) is 0 Å². The molecule has 0 aromatic rings. The topological polar surface area (TPSA) is 3.24 Å². The molecule has 1 rings (SSSR count). The van der Waals surface area contributed by atoms with Crippen LogP contribution in [0.2, 0.25) is 0 Å². The summed E-state index contributed by atoms with van der Waals surface area (Å²) in [5, 5.41) is 1.04. The summed E-state index contributed by atoms with van der Waals surface area (Å²) in [7, 11) is 0. The Morgan fingerprint density at radius 2 is 2.40 bits per heavy atom. The van der Waals surface area contributed by atoms with Gasteiger partial charge in [0, 0.05) is 24.5 Å². The maximum absolute atomic E-state index is 3.46. The van der Waals surface area contributed by atoms with E-state index in [-0.39, 0.29) is 0 Å². The highest BCUT2D eigenvalue weighted by molar-refractivity contribution is 9.09. The molecular weight excluding hydrogens is 190 g/mol. The Morgan fingerprint density at radius 1 is 1.70 bits per heavy atom. The van der Waals surface area contributed by atoms with Crippen molar-refractivity contribution in [1.82, 2.24) is 4.90 Å². The van der Waals surface area contributed by atoms with Gasteiger partial charge in [-0.15, -0.1) is 0 Å². The molecule has 1 aliphatic rings. The summed E-state index contributed by atoms with van der Waals surface area (Å²) in [4.78, 5) is 2.45. The second kappa shape index (κ2) is 3.54. The van der Waals surface area contributed by atoms with E-state index in [4.69, 9.17) is 0 Å². The van der Waals surface area contributed by atoms with Gasteiger partial charge >= 0.3 is 0 Å². The lowest BCUT2D eigenvalue weighted by molar-refractivity contribution is 0.284. The molecule has 0 aromatic heterocycles. The van der Waals surface area contributed by atoms with E-state index < -0.39 is 0 Å². The summed E-state index contributed by atoms with van der Waals surface area (Å²) in [5.41, 5.74) is 1.52. The minimum Gasteiger partial charge on any atom is -0.293 e. The molecule has 0 bridgehead atoms. The van der Waals surface area contributed by atoms with Gasteiger partial charge in [0.15, 0.2) is 0 Å². The second-order valence-electron chi connectivity index (χ2n) is 3.02. The van der Waals surface area contributed by atoms with Gasteiger partial charge in [-0.1, -0.05) is 22.0 Å². The number of hydrogen-bond acceptors (Lipinski definition) is 1. The monoisotopic (exact) mass is 203 g/mol. The molecule has 0 fully saturated rings. The highest BCUT2D eigenvalue weighted by atomic mass is 79.9. The third-order valence-electron chi connectivity index (χ3n) is 1.92. The standard InChI is InChI=1S/C8H14BrN/c1-7(2)10-4-3-8(5-9)6-10/h3,7H,4-6H2,1-2H3. The van der Waals surface area contributed by atoms with Crippen LogP contribution in [0.25, 0.3) is 0 Å². The van der Waals surface area contributed by atoms with Gasteiger partial charge in [-0.05, 0) is 19.4 Å². The van der Waals surface area contributed by atoms with E-state index in [0.717, 1.165) is 18.4 Å². The summed E-state index contributed by atoms with van der Waals surface area (Å²) in [6.07, 6.45) is 2.31. The Labute approximate surface area is 71.2 Å². The van der Waals surface area contributed by atoms with Crippen LogP contribution < -0.4 is 0 Å². The second-order valence-corrected chi connectivity index (χ2v) is 3.58. The molecule has 0 radical (unpaired) electrons. The van der Waals surface area contributed by atoms with Crippen molar-refractivity contribution in [3.05, 3.63) is 11.6 Å². The predicted molar refractivity (Wildman–Crippen MR) is 48.6 cm³/mol. The summed E-state index contributed by atoms with van der Waals surface area (Å²) in [6, 6.07) is 0.688. The van der Waals surface area contributed by atoms with Gasteiger partial charge in [-0.25, -0.2) is 0 Å². The van der Waals surface area contributed by atoms with E-state index in [1.807, 2.05) is 0 Å². The third-order valence-corrected chi connectivity index (χ3v) is 2.64. The molecule has 0 saturated carbocycles. The number of rotatable bonds is 2. The molecule has 58 valence electrons. The Kier molecular flexibility index (Phi) is 2.93. The number of nitrogens with zero attached hydrogens (tertiary/aromatic N) is 1. The first-order valence-electron chi connectivity index (χ1n) is 3.72. The summed E-state index contributed by atoms with van der Waals surface area (Å²) < 4.78 is 0. The zero-order chi connectivity index (χ0) is 7.56. The van der Waals surface area contributed by atoms with Crippen molar-refractivity contribution in [2.45, 2.75) is 19.9 Å². The molecule has 0 aromatic carbocycles. The third kappa shape index (κ3) is 1.83. The zero-order valence-corrected chi connectivity index (χ0v) is 8.19. The fourth-order valence-corrected chi connectivity index (χ4v) is 1.53. The first-order valence-corrected chi connectivity index (χ1v) is 4.84. The van der Waals surface area contributed by atoms with E-state index in [9.17, 15) is 0 Å². The van der Waals surface area contributed by atoms with Gasteiger partial charge in [-0.3, -0.25) is 4.90 Å². The van der Waals surface area contributed by atoms with Gasteiger partial charge in [0.2, 0.25) is 0 Å². The summed E-state index contributed by atoms with van der Waals surface area (Å²) >= 11 is 3.46. The fraction of sp³-hybridized carbons (Fsp3) is 0.750. The fourth-order valence-electron chi connectivity index (χ4n) is 1.13. The van der Waals surface area contributed by atoms with Crippen LogP contribution in [0.1, 0.15) is 13.8 Å². The molecule has 1 heterocycles. The van der Waals surface area contributed by atoms with E-state index in [2.05, 4.69) is 40.8 Å². The summed E-state index contributed by atoms with van der Waals surface area (Å²) in [5.74, 6) is 0. The molecule has 0 N–H and O–H groups in total. The molecule has 0 atom stereocenters. The average molecular weight is 204 g/mol. The molecule has 0 aliphatic carbocycles. The van der Waals surface area contributed by atoms with Crippen LogP contribution in [0.3, 0.4) is 0 Å². The maximum Gasteiger partial charge on any atom is 0.0255 e. The normalized spacial score (nSPS) is 20.2. The van der Waals surface area contributed by atoms with Gasteiger partial charge < -0.3 is 0 Å². The minimum absolute atomic E-state index is 0.688. The molecule has 10 heavy (non-hydrogen) atoms. The molecule has 2 heteroatoms. The first-order chi connectivity index (χ1) is 4.74. The Bertz CT molecular complexity index is 140. The molecule has 1 aliphatic heterocycles. The lowest BCUT2D eigenvalue weighted by Crippen LogP contribution is -2.28. The minimum atomic E-state index is 0.688. The molecule has 0 amide bonds. The van der Waals surface area contributed by atoms with Crippen LogP contribution in [-0.4, -0.2) is 29.4 Å². The van der Waals surface area contributed by atoms with Crippen LogP contribution in [0, 0.1) is 0 Å². The van der Waals surface area contributed by atoms with Crippen LogP contribution >= 0.6 is 15.9 Å². The zero-order valence-electron chi connectivity index (χ0n) is 6.60. The van der Waals surface area contributed by atoms with Crippen LogP contribution in [0.15, 0.2) is 11.6 Å². The highest BCUT2D eigenvalue weighted by Gasteiger charge is 2.14. The summed E-state index contributed by atoms with van der Waals surface area (Å²) in [6.45, 7) is 6.78. The molecule has 0 spiro atoms. The Balaban J connectivity index is 2.36. The van der Waals surface area contributed by atoms with Gasteiger partial charge in [-0.2, -0.15) is 0 Å². The smallest absolute Gasteiger partial charge is 0.0255 e. The van der Waals surface area contributed by atoms with Gasteiger partial charge in [0.25, 0.3) is 0 Å². The van der Waals surface area contributed by atoms with Crippen molar-refractivity contribution in [3.8, 4) is 0 Å². The van der Waals surface area contributed by atoms with Crippen molar-refractivity contribution in [2.24, 2.45) is 0 Å². The van der Waals surface area contributed by atoms with Crippen molar-refractivity contribution in [2.75, 3.05) is 18.4 Å². The van der Waals surface area contributed by atoms with Gasteiger partial charge in [0.1, 0.15) is 0 Å². The lowest BCUT2D eigenvalue weighted by Gasteiger charge is -2.19. The van der Waals surface area contributed by atoms with E-state index in [1.54, 1.807) is 0 Å². The van der Waals surface area contributed by atoms with Crippen molar-refractivity contribution >= 4 is 15.9 Å². The predicted octanol–water partition coefficient (Wildman–Crippen LogP) is 2.03. The molecular formula is C8H14BrN. The quantitative estimate of drug-likeness (QED) is 0.491. The maximum atomic E-state index is 3.46. The molecule has 1 nitrogen and oxygen atoms in total. The van der Waals surface area contributed by atoms with Crippen molar-refractivity contribution in [3.63, 3.8) is 0 Å². The van der Waals surface area contributed by atoms with Crippen LogP contribution in [-0.2, 0) is 0 Å². The Morgan fingerprint density at radius 3 is 2.70 bits per heavy atom. The first kappa shape index (κ1) is 8.28. The SMILES string of the molecule is CC(C)N1CC=C(CBr)C1. The highest BCUT2D eigenvalue weighted by Crippen LogP contribution is 2.13.